The van der Waals surface area contributed by atoms with Crippen molar-refractivity contribution in [1.82, 2.24) is 24.6 Å². The highest BCUT2D eigenvalue weighted by molar-refractivity contribution is 7.11. The van der Waals surface area contributed by atoms with E-state index in [0.717, 1.165) is 0 Å². The van der Waals surface area contributed by atoms with Crippen molar-refractivity contribution in [2.45, 2.75) is 6.54 Å². The maximum absolute atomic E-state index is 12.2. The zero-order valence-electron chi connectivity index (χ0n) is 10.2. The van der Waals surface area contributed by atoms with Crippen LogP contribution in [-0.4, -0.2) is 25.1 Å². The number of hydrazine groups is 1. The Balaban J connectivity index is 1.93. The summed E-state index contributed by atoms with van der Waals surface area (Å²) in [5.41, 5.74) is 2.97. The molecule has 1 amide bonds. The Labute approximate surface area is 116 Å². The van der Waals surface area contributed by atoms with Crippen LogP contribution in [0.25, 0.3) is 5.52 Å². The van der Waals surface area contributed by atoms with Gasteiger partial charge in [0.1, 0.15) is 5.52 Å². The standard InChI is InChI=1S/C11H10N6O2S/c12-15-9(18)10-14-7(6-20-10)5-16-3-4-17-8(11(16)19)1-2-13-17/h1-4,6H,5,12H2,(H,15,18). The quantitative estimate of drug-likeness (QED) is 0.388. The van der Waals surface area contributed by atoms with Gasteiger partial charge in [0.2, 0.25) is 0 Å². The van der Waals surface area contributed by atoms with E-state index >= 15 is 0 Å². The minimum atomic E-state index is -0.445. The van der Waals surface area contributed by atoms with Crippen molar-refractivity contribution in [1.29, 1.82) is 0 Å². The van der Waals surface area contributed by atoms with Crippen molar-refractivity contribution in [3.8, 4) is 0 Å². The van der Waals surface area contributed by atoms with Crippen molar-refractivity contribution in [2.75, 3.05) is 0 Å². The summed E-state index contributed by atoms with van der Waals surface area (Å²) in [4.78, 5) is 27.6. The molecule has 3 N–H and O–H groups in total. The van der Waals surface area contributed by atoms with Gasteiger partial charge in [-0.3, -0.25) is 15.0 Å². The van der Waals surface area contributed by atoms with E-state index in [2.05, 4.69) is 10.1 Å². The Hall–Kier alpha value is -2.52. The molecular weight excluding hydrogens is 280 g/mol. The highest BCUT2D eigenvalue weighted by atomic mass is 32.1. The van der Waals surface area contributed by atoms with Gasteiger partial charge < -0.3 is 4.57 Å². The summed E-state index contributed by atoms with van der Waals surface area (Å²) < 4.78 is 3.02. The van der Waals surface area contributed by atoms with Crippen LogP contribution >= 0.6 is 11.3 Å². The van der Waals surface area contributed by atoms with Gasteiger partial charge in [-0.1, -0.05) is 0 Å². The molecule has 102 valence electrons. The molecular formula is C11H10N6O2S. The minimum Gasteiger partial charge on any atom is -0.306 e. The molecule has 0 aromatic carbocycles. The first-order valence-electron chi connectivity index (χ1n) is 5.67. The summed E-state index contributed by atoms with van der Waals surface area (Å²) in [5.74, 6) is 4.60. The summed E-state index contributed by atoms with van der Waals surface area (Å²) in [7, 11) is 0. The molecule has 0 aliphatic carbocycles. The van der Waals surface area contributed by atoms with Crippen LogP contribution in [0, 0.1) is 0 Å². The van der Waals surface area contributed by atoms with E-state index in [9.17, 15) is 9.59 Å². The number of fused-ring (bicyclic) bond motifs is 1. The molecule has 3 aromatic rings. The normalized spacial score (nSPS) is 10.8. The molecule has 0 fully saturated rings. The third-order valence-electron chi connectivity index (χ3n) is 2.75. The Bertz CT molecular complexity index is 833. The SMILES string of the molecule is NNC(=O)c1nc(Cn2ccn3nccc3c2=O)cs1. The second-order valence-corrected chi connectivity index (χ2v) is 4.87. The number of hydrogen-bond acceptors (Lipinski definition) is 6. The number of rotatable bonds is 3. The number of carbonyl (C=O) groups is 1. The van der Waals surface area contributed by atoms with Crippen LogP contribution in [0.5, 0.6) is 0 Å². The van der Waals surface area contributed by atoms with Gasteiger partial charge in [-0.05, 0) is 6.07 Å². The lowest BCUT2D eigenvalue weighted by Crippen LogP contribution is -2.30. The lowest BCUT2D eigenvalue weighted by Gasteiger charge is -2.03. The minimum absolute atomic E-state index is 0.164. The number of nitrogens with two attached hydrogens (primary N) is 1. The smallest absolute Gasteiger partial charge is 0.294 e. The topological polar surface area (TPSA) is 107 Å². The zero-order chi connectivity index (χ0) is 14.1. The number of nitrogens with zero attached hydrogens (tertiary/aromatic N) is 4. The molecule has 9 heteroatoms. The molecule has 20 heavy (non-hydrogen) atoms. The second-order valence-electron chi connectivity index (χ2n) is 4.01. The molecule has 0 unspecified atom stereocenters. The van der Waals surface area contributed by atoms with Crippen LogP contribution in [0.2, 0.25) is 0 Å². The predicted octanol–water partition coefficient (Wildman–Crippen LogP) is -0.396. The number of hydrogen-bond donors (Lipinski definition) is 2. The van der Waals surface area contributed by atoms with Crippen molar-refractivity contribution >= 4 is 22.8 Å². The summed E-state index contributed by atoms with van der Waals surface area (Å²) in [5, 5.41) is 5.97. The number of aromatic nitrogens is 4. The lowest BCUT2D eigenvalue weighted by atomic mass is 10.4. The van der Waals surface area contributed by atoms with Crippen molar-refractivity contribution < 1.29 is 4.79 Å². The van der Waals surface area contributed by atoms with Crippen LogP contribution in [0.1, 0.15) is 15.5 Å². The van der Waals surface area contributed by atoms with E-state index in [-0.39, 0.29) is 17.1 Å². The van der Waals surface area contributed by atoms with Gasteiger partial charge in [-0.25, -0.2) is 15.3 Å². The molecule has 0 aliphatic heterocycles. The van der Waals surface area contributed by atoms with Gasteiger partial charge in [-0.15, -0.1) is 11.3 Å². The van der Waals surface area contributed by atoms with Gasteiger partial charge in [0.25, 0.3) is 11.5 Å². The number of carbonyl (C=O) groups excluding carboxylic acids is 1. The molecule has 0 spiro atoms. The number of amides is 1. The fourth-order valence-electron chi connectivity index (χ4n) is 1.81. The van der Waals surface area contributed by atoms with Gasteiger partial charge in [0.05, 0.1) is 18.4 Å². The summed E-state index contributed by atoms with van der Waals surface area (Å²) >= 11 is 1.18. The van der Waals surface area contributed by atoms with Gasteiger partial charge in [0.15, 0.2) is 5.01 Å². The van der Waals surface area contributed by atoms with Crippen LogP contribution < -0.4 is 16.8 Å². The molecule has 0 saturated carbocycles. The molecule has 0 aliphatic rings. The van der Waals surface area contributed by atoms with Crippen molar-refractivity contribution in [3.05, 3.63) is 51.1 Å². The second kappa shape index (κ2) is 4.87. The maximum Gasteiger partial charge on any atom is 0.294 e. The molecule has 0 saturated heterocycles. The molecule has 0 radical (unpaired) electrons. The molecule has 0 atom stereocenters. The summed E-state index contributed by atoms with van der Waals surface area (Å²) in [6, 6.07) is 1.65. The fourth-order valence-corrected chi connectivity index (χ4v) is 2.52. The third kappa shape index (κ3) is 2.08. The average Bonchev–Trinajstić information content (AvgIpc) is 3.10. The van der Waals surface area contributed by atoms with Crippen molar-refractivity contribution in [2.24, 2.45) is 5.84 Å². The Morgan fingerprint density at radius 2 is 2.30 bits per heavy atom. The van der Waals surface area contributed by atoms with Gasteiger partial charge in [-0.2, -0.15) is 5.10 Å². The van der Waals surface area contributed by atoms with E-state index in [1.54, 1.807) is 30.0 Å². The number of thiazole rings is 1. The first-order valence-corrected chi connectivity index (χ1v) is 6.55. The van der Waals surface area contributed by atoms with E-state index in [1.807, 2.05) is 5.43 Å². The molecule has 0 bridgehead atoms. The summed E-state index contributed by atoms with van der Waals surface area (Å²) in [6.45, 7) is 0.287. The Morgan fingerprint density at radius 3 is 3.10 bits per heavy atom. The van der Waals surface area contributed by atoms with Crippen LogP contribution in [0.3, 0.4) is 0 Å². The lowest BCUT2D eigenvalue weighted by molar-refractivity contribution is 0.0953. The molecule has 8 nitrogen and oxygen atoms in total. The van der Waals surface area contributed by atoms with Gasteiger partial charge >= 0.3 is 0 Å². The fraction of sp³-hybridized carbons (Fsp3) is 0.0909. The van der Waals surface area contributed by atoms with Gasteiger partial charge in [0, 0.05) is 17.8 Å². The third-order valence-corrected chi connectivity index (χ3v) is 3.64. The monoisotopic (exact) mass is 290 g/mol. The van der Waals surface area contributed by atoms with E-state index < -0.39 is 5.91 Å². The largest absolute Gasteiger partial charge is 0.306 e. The van der Waals surface area contributed by atoms with Crippen molar-refractivity contribution in [3.63, 3.8) is 0 Å². The average molecular weight is 290 g/mol. The Kier molecular flexibility index (Phi) is 3.05. The molecule has 3 heterocycles. The van der Waals surface area contributed by atoms with Crippen LogP contribution in [-0.2, 0) is 6.54 Å². The molecule has 3 aromatic heterocycles. The maximum atomic E-state index is 12.2. The first-order chi connectivity index (χ1) is 9.69. The number of nitrogens with one attached hydrogen (secondary N) is 1. The number of nitrogen functional groups attached to an aromatic ring is 1. The van der Waals surface area contributed by atoms with E-state index in [1.165, 1.54) is 20.4 Å². The Morgan fingerprint density at radius 1 is 1.45 bits per heavy atom. The van der Waals surface area contributed by atoms with E-state index in [0.29, 0.717) is 11.2 Å². The molecule has 3 rings (SSSR count). The van der Waals surface area contributed by atoms with E-state index in [4.69, 9.17) is 5.84 Å². The summed E-state index contributed by atoms with van der Waals surface area (Å²) in [6.07, 6.45) is 4.88. The predicted molar refractivity (Wildman–Crippen MR) is 72.3 cm³/mol. The zero-order valence-corrected chi connectivity index (χ0v) is 11.0. The van der Waals surface area contributed by atoms with Crippen LogP contribution in [0.15, 0.2) is 34.8 Å². The highest BCUT2D eigenvalue weighted by Crippen LogP contribution is 2.10. The van der Waals surface area contributed by atoms with Crippen LogP contribution in [0.4, 0.5) is 0 Å². The highest BCUT2D eigenvalue weighted by Gasteiger charge is 2.11. The first kappa shape index (κ1) is 12.5.